The fourth-order valence-electron chi connectivity index (χ4n) is 2.54. The van der Waals surface area contributed by atoms with Crippen LogP contribution < -0.4 is 0 Å². The molecule has 0 aliphatic carbocycles. The van der Waals surface area contributed by atoms with E-state index in [9.17, 15) is 74.6 Å². The molecule has 18 heteroatoms. The predicted molar refractivity (Wildman–Crippen MR) is 90.7 cm³/mol. The molecule has 0 fully saturated rings. The molecule has 0 heterocycles. The Hall–Kier alpha value is -1.18. The summed E-state index contributed by atoms with van der Waals surface area (Å²) in [5, 5.41) is 0. The molecule has 0 aliphatic rings. The van der Waals surface area contributed by atoms with Crippen molar-refractivity contribution in [2.75, 3.05) is 0 Å². The first-order chi connectivity index (χ1) is 15.7. The van der Waals surface area contributed by atoms with Crippen LogP contribution in [-0.2, 0) is 0 Å². The zero-order chi connectivity index (χ0) is 28.8. The quantitative estimate of drug-likeness (QED) is 0.163. The van der Waals surface area contributed by atoms with Gasteiger partial charge in [-0.1, -0.05) is 0 Å². The van der Waals surface area contributed by atoms with Crippen LogP contribution >= 0.6 is 0 Å². The summed E-state index contributed by atoms with van der Waals surface area (Å²) < 4.78 is 223. The zero-order valence-corrected chi connectivity index (χ0v) is 19.5. The molecule has 0 bridgehead atoms. The molecule has 0 aliphatic heterocycles. The molecule has 0 saturated heterocycles. The number of alkyl halides is 17. The van der Waals surface area contributed by atoms with Crippen LogP contribution in [0, 0.1) is 0 Å². The van der Waals surface area contributed by atoms with Crippen LogP contribution in [0.4, 0.5) is 74.6 Å². The first-order valence-corrected chi connectivity index (χ1v) is 12.1. The van der Waals surface area contributed by atoms with Crippen molar-refractivity contribution in [3.8, 4) is 0 Å². The third-order valence-corrected chi connectivity index (χ3v) is 8.30. The summed E-state index contributed by atoms with van der Waals surface area (Å²) in [6, 6.07) is 7.45. The summed E-state index contributed by atoms with van der Waals surface area (Å²) in [6.45, 7) is 1.40. The maximum absolute atomic E-state index is 13.9. The number of rotatable bonds is 11. The van der Waals surface area contributed by atoms with Gasteiger partial charge in [-0.2, -0.15) is 0 Å². The molecule has 0 spiro atoms. The normalized spacial score (nSPS) is 16.3. The Balaban J connectivity index is 3.29. The molecule has 1 aromatic carbocycles. The second kappa shape index (κ2) is 9.85. The van der Waals surface area contributed by atoms with Crippen molar-refractivity contribution in [2.45, 2.75) is 69.4 Å². The van der Waals surface area contributed by atoms with Crippen LogP contribution in [0.5, 0.6) is 0 Å². The van der Waals surface area contributed by atoms with Gasteiger partial charge in [0.05, 0.1) is 0 Å². The van der Waals surface area contributed by atoms with Gasteiger partial charge in [0.15, 0.2) is 0 Å². The molecule has 0 saturated carbocycles. The first kappa shape index (κ1) is 32.8. The number of benzene rings is 1. The SMILES string of the molecule is CC([Te]CCC(F)(F)C(F)(F)C(F)(F)C(F)(F)C(F)(F)C(F)(F)C(F)(F)C(F)(F)F)c1ccccc1. The van der Waals surface area contributed by atoms with Crippen molar-refractivity contribution < 1.29 is 74.6 Å². The van der Waals surface area contributed by atoms with Crippen molar-refractivity contribution in [2.24, 2.45) is 0 Å². The Morgan fingerprint density at radius 3 is 1.31 bits per heavy atom. The van der Waals surface area contributed by atoms with Crippen molar-refractivity contribution in [3.05, 3.63) is 35.9 Å². The fraction of sp³-hybridized carbons (Fsp3) is 0.667. The standard InChI is InChI=1S/C18H13F17Te/c1-9(10-5-3-2-4-6-10)36-8-7-11(19,20)12(21,22)13(23,24)14(25,26)15(27,28)16(29,30)17(31,32)18(33,34)35/h2-6,9H,7-8H2,1H3. The molecule has 0 nitrogen and oxygen atoms in total. The van der Waals surface area contributed by atoms with Gasteiger partial charge in [0.25, 0.3) is 0 Å². The Kier molecular flexibility index (Phi) is 8.99. The van der Waals surface area contributed by atoms with Crippen molar-refractivity contribution in [3.63, 3.8) is 0 Å². The summed E-state index contributed by atoms with van der Waals surface area (Å²) >= 11 is -1.81. The topological polar surface area (TPSA) is 0 Å². The molecular weight excluding hydrogens is 667 g/mol. The zero-order valence-electron chi connectivity index (χ0n) is 17.2. The van der Waals surface area contributed by atoms with Gasteiger partial charge in [-0.25, -0.2) is 0 Å². The van der Waals surface area contributed by atoms with E-state index in [0.717, 1.165) is 0 Å². The summed E-state index contributed by atoms with van der Waals surface area (Å²) in [5.41, 5.74) is 0.485. The summed E-state index contributed by atoms with van der Waals surface area (Å²) in [5.74, 6) is -55.8. The van der Waals surface area contributed by atoms with E-state index in [0.29, 0.717) is 5.56 Å². The molecule has 0 amide bonds. The average molecular weight is 680 g/mol. The molecule has 210 valence electrons. The molecule has 1 atom stereocenters. The summed E-state index contributed by atoms with van der Waals surface area (Å²) in [7, 11) is 0. The van der Waals surface area contributed by atoms with Gasteiger partial charge in [0, 0.05) is 0 Å². The molecule has 1 unspecified atom stereocenters. The maximum atomic E-state index is 13.9. The molecule has 0 N–H and O–H groups in total. The number of hydrogen-bond donors (Lipinski definition) is 0. The van der Waals surface area contributed by atoms with Crippen LogP contribution in [0.25, 0.3) is 0 Å². The number of halogens is 17. The molecule has 1 aromatic rings. The monoisotopic (exact) mass is 682 g/mol. The van der Waals surface area contributed by atoms with Gasteiger partial charge in [-0.05, 0) is 0 Å². The van der Waals surface area contributed by atoms with Gasteiger partial charge in [0.1, 0.15) is 0 Å². The molecule has 36 heavy (non-hydrogen) atoms. The minimum absolute atomic E-state index is 0.485. The van der Waals surface area contributed by atoms with Gasteiger partial charge in [-0.15, -0.1) is 0 Å². The van der Waals surface area contributed by atoms with E-state index >= 15 is 0 Å². The molecule has 0 aromatic heterocycles. The summed E-state index contributed by atoms with van der Waals surface area (Å²) in [6.07, 6.45) is -10.1. The van der Waals surface area contributed by atoms with Crippen molar-refractivity contribution >= 4 is 20.9 Å². The third-order valence-electron chi connectivity index (χ3n) is 4.84. The Bertz CT molecular complexity index is 875. The van der Waals surface area contributed by atoms with Crippen LogP contribution in [0.15, 0.2) is 30.3 Å². The molecule has 0 radical (unpaired) electrons. The van der Waals surface area contributed by atoms with E-state index in [-0.39, 0.29) is 0 Å². The van der Waals surface area contributed by atoms with E-state index in [1.165, 1.54) is 37.3 Å². The van der Waals surface area contributed by atoms with Gasteiger partial charge >= 0.3 is 201 Å². The Morgan fingerprint density at radius 2 is 0.917 bits per heavy atom. The first-order valence-electron chi connectivity index (χ1n) is 9.12. The van der Waals surface area contributed by atoms with E-state index in [2.05, 4.69) is 0 Å². The molecule has 1 rings (SSSR count). The molecular formula is C18H13F17Te. The number of hydrogen-bond acceptors (Lipinski definition) is 0. The van der Waals surface area contributed by atoms with Gasteiger partial charge < -0.3 is 0 Å². The second-order valence-electron chi connectivity index (χ2n) is 7.32. The van der Waals surface area contributed by atoms with Crippen LogP contribution in [-0.4, -0.2) is 68.6 Å². The predicted octanol–water partition coefficient (Wildman–Crippen LogP) is 8.27. The van der Waals surface area contributed by atoms with Crippen LogP contribution in [0.2, 0.25) is 4.47 Å². The van der Waals surface area contributed by atoms with Gasteiger partial charge in [0.2, 0.25) is 0 Å². The van der Waals surface area contributed by atoms with E-state index in [4.69, 9.17) is 0 Å². The van der Waals surface area contributed by atoms with Crippen LogP contribution in [0.1, 0.15) is 22.9 Å². The second-order valence-corrected chi connectivity index (χ2v) is 11.5. The van der Waals surface area contributed by atoms with E-state index in [1.807, 2.05) is 0 Å². The Morgan fingerprint density at radius 1 is 0.556 bits per heavy atom. The van der Waals surface area contributed by atoms with E-state index < -0.39 is 83.4 Å². The average Bonchev–Trinajstić information content (AvgIpc) is 2.72. The Labute approximate surface area is 201 Å². The van der Waals surface area contributed by atoms with E-state index in [1.54, 1.807) is 0 Å². The van der Waals surface area contributed by atoms with Crippen molar-refractivity contribution in [1.82, 2.24) is 0 Å². The van der Waals surface area contributed by atoms with Crippen LogP contribution in [0.3, 0.4) is 0 Å². The van der Waals surface area contributed by atoms with Crippen molar-refractivity contribution in [1.29, 1.82) is 0 Å². The fourth-order valence-corrected chi connectivity index (χ4v) is 5.61. The third kappa shape index (κ3) is 5.09. The van der Waals surface area contributed by atoms with Gasteiger partial charge in [-0.3, -0.25) is 0 Å². The minimum atomic E-state index is -8.59. The summed E-state index contributed by atoms with van der Waals surface area (Å²) in [4.78, 5) is 0.